The molecule has 10 heteroatoms. The monoisotopic (exact) mass is 627 g/mol. The van der Waals surface area contributed by atoms with Crippen molar-refractivity contribution in [1.29, 1.82) is 0 Å². The number of hydrogen-bond donors (Lipinski definition) is 3. The summed E-state index contributed by atoms with van der Waals surface area (Å²) in [5.74, 6) is -1.63. The van der Waals surface area contributed by atoms with Gasteiger partial charge in [-0.25, -0.2) is 9.59 Å². The molecule has 0 aromatic heterocycles. The molecule has 3 amide bonds. The third-order valence-electron chi connectivity index (χ3n) is 6.59. The maximum absolute atomic E-state index is 14.4. The summed E-state index contributed by atoms with van der Waals surface area (Å²) in [4.78, 5) is 56.1. The third-order valence-corrected chi connectivity index (χ3v) is 6.95. The fourth-order valence-corrected chi connectivity index (χ4v) is 5.04. The number of amides is 3. The van der Waals surface area contributed by atoms with Crippen molar-refractivity contribution in [1.82, 2.24) is 15.5 Å². The normalized spacial score (nSPS) is 13.7. The maximum atomic E-state index is 14.4. The van der Waals surface area contributed by atoms with Gasteiger partial charge in [-0.2, -0.15) is 12.6 Å². The Morgan fingerprint density at radius 3 is 1.89 bits per heavy atom. The Balaban J connectivity index is 2.59. The molecule has 0 fully saturated rings. The first-order valence-corrected chi connectivity index (χ1v) is 15.6. The standard InChI is InChI=1S/C34H49N3O6S/c1-10-19-37(30(39)26(21-44)36-32(41)43-34(7,8)9)28(27-22(2)15-14-16-23(27)3)29(38)35-25(31(40)42-33(4,5)6)20-24-17-12-11-13-18-24/h11-18,25-26,28,44H,10,19-21H2,1-9H3,(H,35,38)(H,36,41). The topological polar surface area (TPSA) is 114 Å². The molecule has 0 radical (unpaired) electrons. The van der Waals surface area contributed by atoms with Gasteiger partial charge in [-0.15, -0.1) is 0 Å². The number of rotatable bonds is 12. The van der Waals surface area contributed by atoms with E-state index in [4.69, 9.17) is 9.47 Å². The second-order valence-corrected chi connectivity index (χ2v) is 13.3. The van der Waals surface area contributed by atoms with Crippen LogP contribution in [-0.2, 0) is 30.3 Å². The van der Waals surface area contributed by atoms with Crippen molar-refractivity contribution in [3.8, 4) is 0 Å². The van der Waals surface area contributed by atoms with Gasteiger partial charge in [-0.3, -0.25) is 9.59 Å². The molecule has 0 spiro atoms. The molecule has 3 atom stereocenters. The highest BCUT2D eigenvalue weighted by atomic mass is 32.1. The predicted octanol–water partition coefficient (Wildman–Crippen LogP) is 5.48. The Hall–Kier alpha value is -3.53. The number of nitrogens with one attached hydrogen (secondary N) is 2. The van der Waals surface area contributed by atoms with Crippen molar-refractivity contribution in [3.05, 3.63) is 70.8 Å². The lowest BCUT2D eigenvalue weighted by atomic mass is 9.93. The minimum Gasteiger partial charge on any atom is -0.458 e. The van der Waals surface area contributed by atoms with Crippen molar-refractivity contribution < 1.29 is 28.7 Å². The summed E-state index contributed by atoms with van der Waals surface area (Å²) in [5, 5.41) is 5.54. The van der Waals surface area contributed by atoms with Crippen molar-refractivity contribution >= 4 is 36.5 Å². The largest absolute Gasteiger partial charge is 0.458 e. The van der Waals surface area contributed by atoms with E-state index in [0.717, 1.165) is 16.7 Å². The smallest absolute Gasteiger partial charge is 0.408 e. The lowest BCUT2D eigenvalue weighted by Crippen LogP contribution is -2.56. The van der Waals surface area contributed by atoms with Crippen LogP contribution in [0.15, 0.2) is 48.5 Å². The second-order valence-electron chi connectivity index (χ2n) is 12.9. The van der Waals surface area contributed by atoms with Crippen LogP contribution >= 0.6 is 12.6 Å². The van der Waals surface area contributed by atoms with Gasteiger partial charge in [0.25, 0.3) is 0 Å². The molecule has 0 aliphatic heterocycles. The number of ether oxygens (including phenoxy) is 2. The summed E-state index contributed by atoms with van der Waals surface area (Å²) in [6.07, 6.45) is -0.0318. The minimum atomic E-state index is -1.10. The van der Waals surface area contributed by atoms with Crippen LogP contribution in [0.3, 0.4) is 0 Å². The number of hydrogen-bond acceptors (Lipinski definition) is 7. The van der Waals surface area contributed by atoms with Crippen molar-refractivity contribution in [2.75, 3.05) is 12.3 Å². The molecule has 0 aliphatic carbocycles. The van der Waals surface area contributed by atoms with E-state index < -0.39 is 53.2 Å². The van der Waals surface area contributed by atoms with E-state index in [1.54, 1.807) is 41.5 Å². The van der Waals surface area contributed by atoms with Crippen LogP contribution in [-0.4, -0.2) is 64.4 Å². The fourth-order valence-electron chi connectivity index (χ4n) is 4.80. The molecular weight excluding hydrogens is 578 g/mol. The molecule has 3 unspecified atom stereocenters. The first kappa shape index (κ1) is 36.7. The van der Waals surface area contributed by atoms with E-state index in [9.17, 15) is 19.2 Å². The zero-order chi connectivity index (χ0) is 33.2. The molecule has 0 heterocycles. The number of alkyl carbamates (subject to hydrolysis) is 1. The molecule has 9 nitrogen and oxygen atoms in total. The Morgan fingerprint density at radius 1 is 0.818 bits per heavy atom. The fraction of sp³-hybridized carbons (Fsp3) is 0.529. The van der Waals surface area contributed by atoms with Gasteiger partial charge in [0, 0.05) is 18.7 Å². The minimum absolute atomic E-state index is 0.0199. The van der Waals surface area contributed by atoms with Crippen molar-refractivity contribution in [3.63, 3.8) is 0 Å². The Morgan fingerprint density at radius 2 is 1.39 bits per heavy atom. The zero-order valence-electron chi connectivity index (χ0n) is 27.5. The number of thiol groups is 1. The number of carbonyl (C=O) groups excluding carboxylic acids is 4. The van der Waals surface area contributed by atoms with E-state index in [-0.39, 0.29) is 18.7 Å². The molecular formula is C34H49N3O6S. The van der Waals surface area contributed by atoms with E-state index in [2.05, 4.69) is 23.3 Å². The van der Waals surface area contributed by atoms with Crippen LogP contribution in [0.4, 0.5) is 4.79 Å². The van der Waals surface area contributed by atoms with E-state index >= 15 is 0 Å². The van der Waals surface area contributed by atoms with Crippen LogP contribution in [0, 0.1) is 13.8 Å². The van der Waals surface area contributed by atoms with Crippen LogP contribution in [0.25, 0.3) is 0 Å². The lowest BCUT2D eigenvalue weighted by molar-refractivity contribution is -0.159. The van der Waals surface area contributed by atoms with Gasteiger partial charge >= 0.3 is 12.1 Å². The molecule has 2 rings (SSSR count). The average molecular weight is 628 g/mol. The highest BCUT2D eigenvalue weighted by Gasteiger charge is 2.39. The predicted molar refractivity (Wildman–Crippen MR) is 176 cm³/mol. The molecule has 2 aromatic carbocycles. The molecule has 0 saturated heterocycles. The van der Waals surface area contributed by atoms with Gasteiger partial charge in [0.1, 0.15) is 29.3 Å². The van der Waals surface area contributed by atoms with Gasteiger partial charge in [0.05, 0.1) is 0 Å². The lowest BCUT2D eigenvalue weighted by Gasteiger charge is -2.36. The third kappa shape index (κ3) is 11.2. The van der Waals surface area contributed by atoms with Crippen molar-refractivity contribution in [2.24, 2.45) is 0 Å². The van der Waals surface area contributed by atoms with Crippen LogP contribution in [0.5, 0.6) is 0 Å². The van der Waals surface area contributed by atoms with Crippen LogP contribution in [0.1, 0.15) is 83.2 Å². The van der Waals surface area contributed by atoms with E-state index in [1.165, 1.54) is 4.90 Å². The number of carbonyl (C=O) groups is 4. The summed E-state index contributed by atoms with van der Waals surface area (Å²) in [5.41, 5.74) is 1.54. The second kappa shape index (κ2) is 16.0. The SMILES string of the molecule is CCCN(C(=O)C(CS)NC(=O)OC(C)(C)C)C(C(=O)NC(Cc1ccccc1)C(=O)OC(C)(C)C)c1c(C)cccc1C. The molecule has 44 heavy (non-hydrogen) atoms. The van der Waals surface area contributed by atoms with Gasteiger partial charge in [0.15, 0.2) is 0 Å². The first-order chi connectivity index (χ1) is 20.5. The summed E-state index contributed by atoms with van der Waals surface area (Å²) in [6.45, 7) is 16.3. The number of benzene rings is 2. The van der Waals surface area contributed by atoms with Crippen LogP contribution < -0.4 is 10.6 Å². The van der Waals surface area contributed by atoms with Crippen LogP contribution in [0.2, 0.25) is 0 Å². The summed E-state index contributed by atoms with van der Waals surface area (Å²) in [6, 6.07) is 11.8. The van der Waals surface area contributed by atoms with Crippen molar-refractivity contribution in [2.45, 2.75) is 104 Å². The molecule has 0 bridgehead atoms. The molecule has 0 aliphatic rings. The average Bonchev–Trinajstić information content (AvgIpc) is 2.90. The number of esters is 1. The molecule has 2 N–H and O–H groups in total. The first-order valence-electron chi connectivity index (χ1n) is 15.0. The number of aryl methyl sites for hydroxylation is 2. The van der Waals surface area contributed by atoms with Gasteiger partial charge in [0.2, 0.25) is 11.8 Å². The van der Waals surface area contributed by atoms with E-state index in [1.807, 2.05) is 69.3 Å². The van der Waals surface area contributed by atoms with E-state index in [0.29, 0.717) is 12.0 Å². The summed E-state index contributed by atoms with van der Waals surface area (Å²) in [7, 11) is 0. The molecule has 242 valence electrons. The Kier molecular flexibility index (Phi) is 13.3. The highest BCUT2D eigenvalue weighted by Crippen LogP contribution is 2.29. The Labute approximate surface area is 267 Å². The highest BCUT2D eigenvalue weighted by molar-refractivity contribution is 7.80. The number of nitrogens with zero attached hydrogens (tertiary/aromatic N) is 1. The quantitative estimate of drug-likeness (QED) is 0.212. The maximum Gasteiger partial charge on any atom is 0.408 e. The molecule has 2 aromatic rings. The van der Waals surface area contributed by atoms with Gasteiger partial charge in [-0.1, -0.05) is 55.5 Å². The Bertz CT molecular complexity index is 1270. The summed E-state index contributed by atoms with van der Waals surface area (Å²) >= 11 is 4.35. The van der Waals surface area contributed by atoms with Gasteiger partial charge in [-0.05, 0) is 84.1 Å². The molecule has 0 saturated carbocycles. The zero-order valence-corrected chi connectivity index (χ0v) is 28.4. The van der Waals surface area contributed by atoms with Gasteiger partial charge < -0.3 is 25.0 Å². The summed E-state index contributed by atoms with van der Waals surface area (Å²) < 4.78 is 11.1.